The summed E-state index contributed by atoms with van der Waals surface area (Å²) in [6.07, 6.45) is 5.54. The summed E-state index contributed by atoms with van der Waals surface area (Å²) in [4.78, 5) is 11.3. The minimum Gasteiger partial charge on any atom is -0.469 e. The molecule has 0 aliphatic heterocycles. The van der Waals surface area contributed by atoms with Gasteiger partial charge in [0.1, 0.15) is 0 Å². The molecular weight excluding hydrogens is 226 g/mol. The fourth-order valence-corrected chi connectivity index (χ4v) is 1.71. The van der Waals surface area contributed by atoms with Crippen molar-refractivity contribution in [2.45, 2.75) is 26.3 Å². The number of nitrogens with one attached hydrogen (secondary N) is 1. The van der Waals surface area contributed by atoms with E-state index in [0.29, 0.717) is 6.42 Å². The smallest absolute Gasteiger partial charge is 0.309 e. The van der Waals surface area contributed by atoms with Gasteiger partial charge in [-0.2, -0.15) is 0 Å². The van der Waals surface area contributed by atoms with Crippen LogP contribution in [0.1, 0.15) is 24.5 Å². The Kier molecular flexibility index (Phi) is 6.81. The Labute approximate surface area is 109 Å². The van der Waals surface area contributed by atoms with Crippen LogP contribution in [0.25, 0.3) is 0 Å². The summed E-state index contributed by atoms with van der Waals surface area (Å²) in [5.41, 5.74) is 2.19. The van der Waals surface area contributed by atoms with Gasteiger partial charge in [-0.1, -0.05) is 36.4 Å². The van der Waals surface area contributed by atoms with E-state index in [1.165, 1.54) is 7.11 Å². The zero-order chi connectivity index (χ0) is 13.2. The molecule has 0 saturated heterocycles. The summed E-state index contributed by atoms with van der Waals surface area (Å²) in [6.45, 7) is 3.74. The second-order valence-corrected chi connectivity index (χ2v) is 4.06. The number of carbonyl (C=O) groups excluding carboxylic acids is 1. The molecule has 0 fully saturated rings. The van der Waals surface area contributed by atoms with Crippen LogP contribution >= 0.6 is 0 Å². The lowest BCUT2D eigenvalue weighted by Gasteiger charge is -2.09. The Morgan fingerprint density at radius 2 is 2.06 bits per heavy atom. The molecule has 0 atom stereocenters. The summed E-state index contributed by atoms with van der Waals surface area (Å²) < 4.78 is 4.70. The van der Waals surface area contributed by atoms with Crippen LogP contribution in [0.15, 0.2) is 36.4 Å². The number of rotatable bonds is 7. The Bertz CT molecular complexity index is 399. The molecule has 3 nitrogen and oxygen atoms in total. The first-order valence-corrected chi connectivity index (χ1v) is 6.23. The lowest BCUT2D eigenvalue weighted by Crippen LogP contribution is -2.16. The standard InChI is InChI=1S/C15H21NO2/c1-3-4-7-10-16-12-14-9-6-5-8-13(14)11-15(17)18-2/h3-6,8-9,16H,7,10-12H2,1-2H3/b4-3+. The molecule has 0 unspecified atom stereocenters. The van der Waals surface area contributed by atoms with Crippen LogP contribution in [0.5, 0.6) is 0 Å². The summed E-state index contributed by atoms with van der Waals surface area (Å²) in [5.74, 6) is -0.198. The maximum Gasteiger partial charge on any atom is 0.309 e. The van der Waals surface area contributed by atoms with E-state index in [1.807, 2.05) is 37.3 Å². The molecule has 0 aliphatic rings. The second kappa shape index (κ2) is 8.48. The van der Waals surface area contributed by atoms with Crippen molar-refractivity contribution in [2.24, 2.45) is 0 Å². The third-order valence-electron chi connectivity index (χ3n) is 2.72. The van der Waals surface area contributed by atoms with Gasteiger partial charge >= 0.3 is 5.97 Å². The van der Waals surface area contributed by atoms with E-state index in [4.69, 9.17) is 4.74 Å². The number of benzene rings is 1. The van der Waals surface area contributed by atoms with Gasteiger partial charge in [0.25, 0.3) is 0 Å². The van der Waals surface area contributed by atoms with Crippen molar-refractivity contribution in [1.82, 2.24) is 5.32 Å². The molecule has 98 valence electrons. The van der Waals surface area contributed by atoms with Gasteiger partial charge in [-0.15, -0.1) is 0 Å². The van der Waals surface area contributed by atoms with E-state index in [9.17, 15) is 4.79 Å². The zero-order valence-electron chi connectivity index (χ0n) is 11.1. The quantitative estimate of drug-likeness (QED) is 0.457. The minimum absolute atomic E-state index is 0.198. The highest BCUT2D eigenvalue weighted by molar-refractivity contribution is 5.72. The Morgan fingerprint density at radius 1 is 1.33 bits per heavy atom. The van der Waals surface area contributed by atoms with E-state index in [2.05, 4.69) is 11.4 Å². The summed E-state index contributed by atoms with van der Waals surface area (Å²) in [7, 11) is 1.42. The third-order valence-corrected chi connectivity index (χ3v) is 2.72. The molecule has 0 aromatic heterocycles. The molecule has 1 aromatic carbocycles. The summed E-state index contributed by atoms with van der Waals surface area (Å²) in [5, 5.41) is 3.36. The number of ether oxygens (including phenoxy) is 1. The highest BCUT2D eigenvalue weighted by Crippen LogP contribution is 2.10. The fourth-order valence-electron chi connectivity index (χ4n) is 1.71. The van der Waals surface area contributed by atoms with E-state index in [-0.39, 0.29) is 5.97 Å². The predicted molar refractivity (Wildman–Crippen MR) is 73.3 cm³/mol. The molecule has 0 spiro atoms. The summed E-state index contributed by atoms with van der Waals surface area (Å²) in [6, 6.07) is 7.95. The van der Waals surface area contributed by atoms with Crippen molar-refractivity contribution < 1.29 is 9.53 Å². The van der Waals surface area contributed by atoms with Gasteiger partial charge in [0.05, 0.1) is 13.5 Å². The van der Waals surface area contributed by atoms with Crippen molar-refractivity contribution in [2.75, 3.05) is 13.7 Å². The highest BCUT2D eigenvalue weighted by atomic mass is 16.5. The van der Waals surface area contributed by atoms with Crippen LogP contribution in [0, 0.1) is 0 Å². The molecule has 1 rings (SSSR count). The van der Waals surface area contributed by atoms with Crippen molar-refractivity contribution in [1.29, 1.82) is 0 Å². The number of allylic oxidation sites excluding steroid dienone is 1. The normalized spacial score (nSPS) is 10.8. The molecule has 0 bridgehead atoms. The van der Waals surface area contributed by atoms with Gasteiger partial charge < -0.3 is 10.1 Å². The van der Waals surface area contributed by atoms with Crippen LogP contribution in [-0.4, -0.2) is 19.6 Å². The topological polar surface area (TPSA) is 38.3 Å². The van der Waals surface area contributed by atoms with E-state index >= 15 is 0 Å². The van der Waals surface area contributed by atoms with Gasteiger partial charge in [-0.3, -0.25) is 4.79 Å². The summed E-state index contributed by atoms with van der Waals surface area (Å²) >= 11 is 0. The fraction of sp³-hybridized carbons (Fsp3) is 0.400. The van der Waals surface area contributed by atoms with Crippen molar-refractivity contribution in [3.63, 3.8) is 0 Å². The lowest BCUT2D eigenvalue weighted by atomic mass is 10.0. The molecule has 0 aliphatic carbocycles. The first-order chi connectivity index (χ1) is 8.77. The van der Waals surface area contributed by atoms with Crippen LogP contribution in [0.2, 0.25) is 0 Å². The van der Waals surface area contributed by atoms with E-state index in [1.54, 1.807) is 0 Å². The maximum atomic E-state index is 11.3. The molecular formula is C15H21NO2. The number of esters is 1. The Balaban J connectivity index is 2.51. The molecule has 1 aromatic rings. The second-order valence-electron chi connectivity index (χ2n) is 4.06. The van der Waals surface area contributed by atoms with Crippen molar-refractivity contribution in [3.05, 3.63) is 47.5 Å². The Hall–Kier alpha value is -1.61. The number of methoxy groups -OCH3 is 1. The largest absolute Gasteiger partial charge is 0.469 e. The van der Waals surface area contributed by atoms with E-state index < -0.39 is 0 Å². The van der Waals surface area contributed by atoms with Crippen LogP contribution < -0.4 is 5.32 Å². The number of hydrogen-bond donors (Lipinski definition) is 1. The minimum atomic E-state index is -0.198. The van der Waals surface area contributed by atoms with Gasteiger partial charge in [0, 0.05) is 6.54 Å². The zero-order valence-corrected chi connectivity index (χ0v) is 11.1. The Morgan fingerprint density at radius 3 is 2.72 bits per heavy atom. The van der Waals surface area contributed by atoms with Crippen LogP contribution in [0.4, 0.5) is 0 Å². The predicted octanol–water partition coefficient (Wildman–Crippen LogP) is 2.46. The first-order valence-electron chi connectivity index (χ1n) is 6.23. The van der Waals surface area contributed by atoms with Gasteiger partial charge in [0.2, 0.25) is 0 Å². The number of hydrogen-bond acceptors (Lipinski definition) is 3. The number of carbonyl (C=O) groups is 1. The third kappa shape index (κ3) is 5.15. The maximum absolute atomic E-state index is 11.3. The first kappa shape index (κ1) is 14.5. The van der Waals surface area contributed by atoms with Crippen molar-refractivity contribution >= 4 is 5.97 Å². The average molecular weight is 247 g/mol. The monoisotopic (exact) mass is 247 g/mol. The molecule has 0 amide bonds. The molecule has 18 heavy (non-hydrogen) atoms. The highest BCUT2D eigenvalue weighted by Gasteiger charge is 2.06. The molecule has 3 heteroatoms. The van der Waals surface area contributed by atoms with E-state index in [0.717, 1.165) is 30.6 Å². The SMILES string of the molecule is C/C=C/CCNCc1ccccc1CC(=O)OC. The van der Waals surface area contributed by atoms with Gasteiger partial charge in [-0.05, 0) is 31.0 Å². The average Bonchev–Trinajstić information content (AvgIpc) is 2.40. The van der Waals surface area contributed by atoms with Gasteiger partial charge in [-0.25, -0.2) is 0 Å². The van der Waals surface area contributed by atoms with Crippen molar-refractivity contribution in [3.8, 4) is 0 Å². The molecule has 0 radical (unpaired) electrons. The molecule has 0 saturated carbocycles. The van der Waals surface area contributed by atoms with Gasteiger partial charge in [0.15, 0.2) is 0 Å². The lowest BCUT2D eigenvalue weighted by molar-refractivity contribution is -0.139. The van der Waals surface area contributed by atoms with Crippen LogP contribution in [-0.2, 0) is 22.5 Å². The molecule has 0 heterocycles. The molecule has 1 N–H and O–H groups in total. The van der Waals surface area contributed by atoms with Crippen LogP contribution in [0.3, 0.4) is 0 Å².